The number of nitrogens with one attached hydrogen (secondary N) is 1. The Morgan fingerprint density at radius 1 is 1.19 bits per heavy atom. The topological polar surface area (TPSA) is 96.6 Å². The van der Waals surface area contributed by atoms with Gasteiger partial charge in [-0.15, -0.1) is 0 Å². The van der Waals surface area contributed by atoms with Crippen LogP contribution in [0.5, 0.6) is 5.75 Å². The summed E-state index contributed by atoms with van der Waals surface area (Å²) in [4.78, 5) is 25.0. The summed E-state index contributed by atoms with van der Waals surface area (Å²) in [5.41, 5.74) is 3.09. The molecule has 0 spiro atoms. The largest absolute Gasteiger partial charge is 0.508 e. The van der Waals surface area contributed by atoms with Gasteiger partial charge < -0.3 is 5.11 Å². The second-order valence-corrected chi connectivity index (χ2v) is 5.71. The molecule has 132 valence electrons. The van der Waals surface area contributed by atoms with E-state index >= 15 is 0 Å². The lowest BCUT2D eigenvalue weighted by molar-refractivity contribution is 0.0949. The number of hydrogen-bond acceptors (Lipinski definition) is 5. The summed E-state index contributed by atoms with van der Waals surface area (Å²) in [7, 11) is 0. The second-order valence-electron chi connectivity index (χ2n) is 5.71. The van der Waals surface area contributed by atoms with Gasteiger partial charge in [-0.3, -0.25) is 9.59 Å². The predicted molar refractivity (Wildman–Crippen MR) is 99.5 cm³/mol. The molecule has 3 aromatic rings. The molecule has 0 aliphatic heterocycles. The minimum absolute atomic E-state index is 0.150. The summed E-state index contributed by atoms with van der Waals surface area (Å²) < 4.78 is 1.31. The first-order valence-corrected chi connectivity index (χ1v) is 8.22. The SMILES string of the molecule is CCCn1nc(C(=O)N/N=C/c2ccc(O)cc2)c2ccccc2c1=O. The predicted octanol–water partition coefficient (Wildman–Crippen LogP) is 2.28. The van der Waals surface area contributed by atoms with Crippen LogP contribution >= 0.6 is 0 Å². The van der Waals surface area contributed by atoms with E-state index in [1.807, 2.05) is 6.92 Å². The van der Waals surface area contributed by atoms with Crippen molar-refractivity contribution >= 4 is 22.9 Å². The molecule has 7 heteroatoms. The van der Waals surface area contributed by atoms with E-state index in [1.54, 1.807) is 36.4 Å². The number of aromatic hydroxyl groups is 1. The van der Waals surface area contributed by atoms with Crippen molar-refractivity contribution in [3.8, 4) is 5.75 Å². The molecule has 0 unspecified atom stereocenters. The molecule has 3 rings (SSSR count). The van der Waals surface area contributed by atoms with Gasteiger partial charge in [0.1, 0.15) is 5.75 Å². The standard InChI is InChI=1S/C19H18N4O3/c1-2-11-23-19(26)16-6-4-3-5-15(16)17(22-23)18(25)21-20-12-13-7-9-14(24)10-8-13/h3-10,12,24H,2,11H2,1H3,(H,21,25)/b20-12+. The van der Waals surface area contributed by atoms with E-state index in [4.69, 9.17) is 0 Å². The van der Waals surface area contributed by atoms with Gasteiger partial charge in [-0.1, -0.05) is 25.1 Å². The van der Waals surface area contributed by atoms with Crippen LogP contribution in [0.1, 0.15) is 29.4 Å². The number of amides is 1. The Bertz CT molecular complexity index is 1020. The Hall–Kier alpha value is -3.48. The normalized spacial score (nSPS) is 11.1. The average Bonchev–Trinajstić information content (AvgIpc) is 2.65. The minimum atomic E-state index is -0.499. The number of carbonyl (C=O) groups excluding carboxylic acids is 1. The van der Waals surface area contributed by atoms with Gasteiger partial charge in [0.15, 0.2) is 5.69 Å². The zero-order valence-electron chi connectivity index (χ0n) is 14.2. The molecule has 0 radical (unpaired) electrons. The van der Waals surface area contributed by atoms with Crippen molar-refractivity contribution in [2.24, 2.45) is 5.10 Å². The lowest BCUT2D eigenvalue weighted by atomic mass is 10.1. The Labute approximate surface area is 149 Å². The molecule has 0 aliphatic rings. The van der Waals surface area contributed by atoms with Crippen molar-refractivity contribution in [2.75, 3.05) is 0 Å². The van der Waals surface area contributed by atoms with Crippen LogP contribution in [0.25, 0.3) is 10.8 Å². The summed E-state index contributed by atoms with van der Waals surface area (Å²) in [6.07, 6.45) is 2.19. The van der Waals surface area contributed by atoms with Gasteiger partial charge in [0.25, 0.3) is 11.5 Å². The number of carbonyl (C=O) groups is 1. The zero-order valence-corrected chi connectivity index (χ0v) is 14.2. The van der Waals surface area contributed by atoms with Crippen LogP contribution in [0.4, 0.5) is 0 Å². The molecule has 2 aromatic carbocycles. The van der Waals surface area contributed by atoms with Gasteiger partial charge in [0, 0.05) is 11.9 Å². The lowest BCUT2D eigenvalue weighted by Crippen LogP contribution is -2.29. The highest BCUT2D eigenvalue weighted by Crippen LogP contribution is 2.13. The van der Waals surface area contributed by atoms with Crippen LogP contribution in [0.15, 0.2) is 58.4 Å². The number of benzene rings is 2. The smallest absolute Gasteiger partial charge is 0.292 e. The van der Waals surface area contributed by atoms with Gasteiger partial charge in [-0.2, -0.15) is 10.2 Å². The van der Waals surface area contributed by atoms with Crippen LogP contribution in [0.2, 0.25) is 0 Å². The monoisotopic (exact) mass is 350 g/mol. The van der Waals surface area contributed by atoms with Crippen molar-refractivity contribution < 1.29 is 9.90 Å². The lowest BCUT2D eigenvalue weighted by Gasteiger charge is -2.09. The van der Waals surface area contributed by atoms with E-state index in [2.05, 4.69) is 15.6 Å². The highest BCUT2D eigenvalue weighted by molar-refractivity contribution is 6.04. The Morgan fingerprint density at radius 2 is 1.88 bits per heavy atom. The molecule has 0 bridgehead atoms. The van der Waals surface area contributed by atoms with Gasteiger partial charge in [-0.05, 0) is 42.3 Å². The maximum atomic E-state index is 12.5. The van der Waals surface area contributed by atoms with E-state index in [9.17, 15) is 14.7 Å². The molecule has 1 amide bonds. The van der Waals surface area contributed by atoms with Crippen molar-refractivity contribution in [3.05, 3.63) is 70.1 Å². The third-order valence-corrected chi connectivity index (χ3v) is 3.79. The van der Waals surface area contributed by atoms with E-state index in [0.29, 0.717) is 17.3 Å². The summed E-state index contributed by atoms with van der Waals surface area (Å²) >= 11 is 0. The van der Waals surface area contributed by atoms with E-state index in [0.717, 1.165) is 12.0 Å². The minimum Gasteiger partial charge on any atom is -0.508 e. The molecule has 2 N–H and O–H groups in total. The fraction of sp³-hybridized carbons (Fsp3) is 0.158. The number of hydrogen-bond donors (Lipinski definition) is 2. The first-order valence-electron chi connectivity index (χ1n) is 8.22. The quantitative estimate of drug-likeness (QED) is 0.545. The fourth-order valence-corrected chi connectivity index (χ4v) is 2.54. The molecule has 26 heavy (non-hydrogen) atoms. The van der Waals surface area contributed by atoms with E-state index in [-0.39, 0.29) is 17.0 Å². The molecule has 0 atom stereocenters. The van der Waals surface area contributed by atoms with Crippen molar-refractivity contribution in [1.82, 2.24) is 15.2 Å². The van der Waals surface area contributed by atoms with Crippen LogP contribution in [-0.4, -0.2) is 27.0 Å². The fourth-order valence-electron chi connectivity index (χ4n) is 2.54. The first-order chi connectivity index (χ1) is 12.6. The molecular formula is C19H18N4O3. The Kier molecular flexibility index (Phi) is 5.07. The number of aryl methyl sites for hydroxylation is 1. The summed E-state index contributed by atoms with van der Waals surface area (Å²) in [6, 6.07) is 13.3. The molecule has 0 fully saturated rings. The highest BCUT2D eigenvalue weighted by atomic mass is 16.3. The molecule has 0 saturated heterocycles. The third-order valence-electron chi connectivity index (χ3n) is 3.79. The number of fused-ring (bicyclic) bond motifs is 1. The van der Waals surface area contributed by atoms with Crippen LogP contribution in [-0.2, 0) is 6.54 Å². The first kappa shape index (κ1) is 17.3. The molecule has 1 heterocycles. The summed E-state index contributed by atoms with van der Waals surface area (Å²) in [6.45, 7) is 2.37. The highest BCUT2D eigenvalue weighted by Gasteiger charge is 2.15. The van der Waals surface area contributed by atoms with Gasteiger partial charge in [-0.25, -0.2) is 10.1 Å². The van der Waals surface area contributed by atoms with Gasteiger partial charge in [0.2, 0.25) is 0 Å². The maximum absolute atomic E-state index is 12.5. The van der Waals surface area contributed by atoms with E-state index in [1.165, 1.54) is 23.0 Å². The van der Waals surface area contributed by atoms with Crippen molar-refractivity contribution in [2.45, 2.75) is 19.9 Å². The second kappa shape index (κ2) is 7.60. The maximum Gasteiger partial charge on any atom is 0.292 e. The average molecular weight is 350 g/mol. The van der Waals surface area contributed by atoms with Crippen molar-refractivity contribution in [3.63, 3.8) is 0 Å². The number of rotatable bonds is 5. The molecule has 7 nitrogen and oxygen atoms in total. The van der Waals surface area contributed by atoms with Crippen molar-refractivity contribution in [1.29, 1.82) is 0 Å². The number of aromatic nitrogens is 2. The molecule has 0 aliphatic carbocycles. The van der Waals surface area contributed by atoms with Gasteiger partial charge >= 0.3 is 0 Å². The zero-order chi connectivity index (χ0) is 18.5. The van der Waals surface area contributed by atoms with E-state index < -0.39 is 5.91 Å². The molecule has 1 aromatic heterocycles. The van der Waals surface area contributed by atoms with Crippen LogP contribution in [0, 0.1) is 0 Å². The summed E-state index contributed by atoms with van der Waals surface area (Å²) in [5, 5.41) is 18.3. The molecule has 0 saturated carbocycles. The van der Waals surface area contributed by atoms with Crippen LogP contribution in [0.3, 0.4) is 0 Å². The number of phenols is 1. The number of hydrazone groups is 1. The van der Waals surface area contributed by atoms with Crippen LogP contribution < -0.4 is 11.0 Å². The third kappa shape index (κ3) is 3.61. The summed E-state index contributed by atoms with van der Waals surface area (Å²) in [5.74, 6) is -0.346. The Morgan fingerprint density at radius 3 is 2.58 bits per heavy atom. The molecular weight excluding hydrogens is 332 g/mol. The number of phenolic OH excluding ortho intramolecular Hbond substituents is 1. The number of nitrogens with zero attached hydrogens (tertiary/aromatic N) is 3. The Balaban J connectivity index is 1.91. The van der Waals surface area contributed by atoms with Gasteiger partial charge in [0.05, 0.1) is 11.6 Å².